The smallest absolute Gasteiger partial charge is 0.360 e. The molecular formula is C27H25N3O5. The molecule has 8 heteroatoms. The van der Waals surface area contributed by atoms with Crippen LogP contribution in [-0.2, 0) is 9.53 Å². The normalized spacial score (nSPS) is 10.5. The van der Waals surface area contributed by atoms with Crippen molar-refractivity contribution in [3.8, 4) is 28.3 Å². The first-order chi connectivity index (χ1) is 17.0. The number of nitrogens with zero attached hydrogens (tertiary/aromatic N) is 3. The van der Waals surface area contributed by atoms with Gasteiger partial charge in [-0.25, -0.2) is 9.48 Å². The number of hydrogen-bond acceptors (Lipinski definition) is 6. The van der Waals surface area contributed by atoms with Crippen molar-refractivity contribution >= 4 is 17.6 Å². The molecule has 0 aliphatic carbocycles. The predicted molar refractivity (Wildman–Crippen MR) is 132 cm³/mol. The topological polar surface area (TPSA) is 82.9 Å². The minimum atomic E-state index is -0.709. The van der Waals surface area contributed by atoms with E-state index in [2.05, 4.69) is 5.10 Å². The highest BCUT2D eigenvalue weighted by molar-refractivity contribution is 5.99. The molecule has 0 saturated carbocycles. The first-order valence-electron chi connectivity index (χ1n) is 10.9. The van der Waals surface area contributed by atoms with E-state index in [0.717, 1.165) is 5.69 Å². The van der Waals surface area contributed by atoms with E-state index in [0.29, 0.717) is 28.3 Å². The molecule has 4 aromatic rings. The largest absolute Gasteiger partial charge is 0.493 e. The molecule has 0 aliphatic rings. The summed E-state index contributed by atoms with van der Waals surface area (Å²) in [5, 5.41) is 4.48. The number of methoxy groups -OCH3 is 2. The molecule has 0 spiro atoms. The van der Waals surface area contributed by atoms with Crippen LogP contribution in [0.3, 0.4) is 0 Å². The highest BCUT2D eigenvalue weighted by Gasteiger charge is 2.23. The third-order valence-corrected chi connectivity index (χ3v) is 5.47. The predicted octanol–water partition coefficient (Wildman–Crippen LogP) is 4.38. The molecule has 0 atom stereocenters. The number of amides is 1. The molecule has 8 nitrogen and oxygen atoms in total. The van der Waals surface area contributed by atoms with Gasteiger partial charge in [0, 0.05) is 24.5 Å². The number of anilines is 1. The van der Waals surface area contributed by atoms with Crippen LogP contribution in [0, 0.1) is 0 Å². The summed E-state index contributed by atoms with van der Waals surface area (Å²) in [4.78, 5) is 27.1. The number of aromatic nitrogens is 2. The maximum atomic E-state index is 13.1. The van der Waals surface area contributed by atoms with Crippen molar-refractivity contribution < 1.29 is 23.8 Å². The van der Waals surface area contributed by atoms with Crippen molar-refractivity contribution in [2.75, 3.05) is 32.8 Å². The van der Waals surface area contributed by atoms with Gasteiger partial charge < -0.3 is 19.1 Å². The summed E-state index contributed by atoms with van der Waals surface area (Å²) in [6, 6.07) is 23.8. The van der Waals surface area contributed by atoms with Gasteiger partial charge in [-0.1, -0.05) is 42.5 Å². The first-order valence-corrected chi connectivity index (χ1v) is 10.9. The quantitative estimate of drug-likeness (QED) is 0.355. The number of likely N-dealkylation sites (N-methyl/N-ethyl adjacent to an activating group) is 1. The second-order valence-electron chi connectivity index (χ2n) is 7.61. The van der Waals surface area contributed by atoms with Gasteiger partial charge in [0.05, 0.1) is 19.9 Å². The average molecular weight is 472 g/mol. The van der Waals surface area contributed by atoms with Crippen molar-refractivity contribution in [2.45, 2.75) is 0 Å². The number of carbonyl (C=O) groups excluding carboxylic acids is 2. The van der Waals surface area contributed by atoms with Crippen molar-refractivity contribution in [3.05, 3.63) is 90.8 Å². The Balaban J connectivity index is 1.63. The molecule has 1 aromatic heterocycles. The fraction of sp³-hybridized carbons (Fsp3) is 0.148. The fourth-order valence-corrected chi connectivity index (χ4v) is 3.54. The third kappa shape index (κ3) is 5.16. The SMILES string of the molecule is COc1ccc(-c2cn(-c3ccccc3)nc2C(=O)OCC(=O)N(C)c2ccccc2)cc1OC. The van der Waals surface area contributed by atoms with Gasteiger partial charge in [0.2, 0.25) is 0 Å². The Morgan fingerprint density at radius 2 is 1.54 bits per heavy atom. The highest BCUT2D eigenvalue weighted by atomic mass is 16.5. The average Bonchev–Trinajstić information content (AvgIpc) is 3.37. The van der Waals surface area contributed by atoms with Gasteiger partial charge in [-0.15, -0.1) is 0 Å². The second-order valence-corrected chi connectivity index (χ2v) is 7.61. The van der Waals surface area contributed by atoms with E-state index < -0.39 is 12.6 Å². The summed E-state index contributed by atoms with van der Waals surface area (Å²) < 4.78 is 17.7. The second kappa shape index (κ2) is 10.6. The van der Waals surface area contributed by atoms with Gasteiger partial charge in [-0.05, 0) is 42.0 Å². The zero-order valence-electron chi connectivity index (χ0n) is 19.7. The van der Waals surface area contributed by atoms with Crippen LogP contribution in [-0.4, -0.2) is 49.5 Å². The highest BCUT2D eigenvalue weighted by Crippen LogP contribution is 2.34. The lowest BCUT2D eigenvalue weighted by Crippen LogP contribution is -2.31. The molecule has 1 amide bonds. The molecule has 3 aromatic carbocycles. The molecule has 0 radical (unpaired) electrons. The number of hydrogen-bond donors (Lipinski definition) is 0. The van der Waals surface area contributed by atoms with Gasteiger partial charge in [-0.2, -0.15) is 5.10 Å². The summed E-state index contributed by atoms with van der Waals surface area (Å²) >= 11 is 0. The number of ether oxygens (including phenoxy) is 3. The lowest BCUT2D eigenvalue weighted by Gasteiger charge is -2.17. The standard InChI is InChI=1S/C27H25N3O5/c1-29(20-10-6-4-7-11-20)25(31)18-35-27(32)26-22(17-30(28-26)21-12-8-5-9-13-21)19-14-15-23(33-2)24(16-19)34-3/h4-17H,18H2,1-3H3. The van der Waals surface area contributed by atoms with Crippen LogP contribution < -0.4 is 14.4 Å². The molecule has 0 saturated heterocycles. The van der Waals surface area contributed by atoms with Gasteiger partial charge in [0.1, 0.15) is 0 Å². The van der Waals surface area contributed by atoms with Crippen LogP contribution in [0.15, 0.2) is 85.1 Å². The Morgan fingerprint density at radius 3 is 2.20 bits per heavy atom. The van der Waals surface area contributed by atoms with E-state index in [1.807, 2.05) is 48.5 Å². The Kier molecular flexibility index (Phi) is 7.11. The van der Waals surface area contributed by atoms with Crippen LogP contribution in [0.25, 0.3) is 16.8 Å². The molecule has 0 aliphatic heterocycles. The molecular weight excluding hydrogens is 446 g/mol. The van der Waals surface area contributed by atoms with Crippen LogP contribution in [0.2, 0.25) is 0 Å². The van der Waals surface area contributed by atoms with Gasteiger partial charge in [-0.3, -0.25) is 4.79 Å². The van der Waals surface area contributed by atoms with E-state index in [-0.39, 0.29) is 11.6 Å². The fourth-order valence-electron chi connectivity index (χ4n) is 3.54. The van der Waals surface area contributed by atoms with Crippen molar-refractivity contribution in [2.24, 2.45) is 0 Å². The van der Waals surface area contributed by atoms with E-state index in [4.69, 9.17) is 14.2 Å². The minimum Gasteiger partial charge on any atom is -0.493 e. The number of rotatable bonds is 8. The van der Waals surface area contributed by atoms with Gasteiger partial charge in [0.15, 0.2) is 23.8 Å². The summed E-state index contributed by atoms with van der Waals surface area (Å²) in [6.45, 7) is -0.423. The molecule has 0 fully saturated rings. The molecule has 1 heterocycles. The summed E-state index contributed by atoms with van der Waals surface area (Å²) in [5.74, 6) is 0.000743. The molecule has 178 valence electrons. The number of carbonyl (C=O) groups is 2. The minimum absolute atomic E-state index is 0.0798. The number of benzene rings is 3. The summed E-state index contributed by atoms with van der Waals surface area (Å²) in [7, 11) is 4.72. The van der Waals surface area contributed by atoms with Gasteiger partial charge >= 0.3 is 5.97 Å². The molecule has 0 bridgehead atoms. The zero-order chi connectivity index (χ0) is 24.8. The van der Waals surface area contributed by atoms with E-state index in [9.17, 15) is 9.59 Å². The summed E-state index contributed by atoms with van der Waals surface area (Å²) in [6.07, 6.45) is 1.74. The van der Waals surface area contributed by atoms with Crippen molar-refractivity contribution in [1.82, 2.24) is 9.78 Å². The monoisotopic (exact) mass is 471 g/mol. The Morgan fingerprint density at radius 1 is 0.886 bits per heavy atom. The van der Waals surface area contributed by atoms with Crippen molar-refractivity contribution in [3.63, 3.8) is 0 Å². The van der Waals surface area contributed by atoms with Crippen LogP contribution in [0.1, 0.15) is 10.5 Å². The van der Waals surface area contributed by atoms with E-state index in [1.54, 1.807) is 62.5 Å². The molecule has 35 heavy (non-hydrogen) atoms. The van der Waals surface area contributed by atoms with Crippen LogP contribution in [0.4, 0.5) is 5.69 Å². The number of esters is 1. The van der Waals surface area contributed by atoms with Crippen molar-refractivity contribution in [1.29, 1.82) is 0 Å². The first kappa shape index (κ1) is 23.6. The van der Waals surface area contributed by atoms with E-state index >= 15 is 0 Å². The Labute approximate surface area is 203 Å². The lowest BCUT2D eigenvalue weighted by atomic mass is 10.1. The Hall–Kier alpha value is -4.59. The zero-order valence-corrected chi connectivity index (χ0v) is 19.7. The third-order valence-electron chi connectivity index (χ3n) is 5.47. The Bertz CT molecular complexity index is 1320. The van der Waals surface area contributed by atoms with Crippen LogP contribution >= 0.6 is 0 Å². The van der Waals surface area contributed by atoms with Crippen LogP contribution in [0.5, 0.6) is 11.5 Å². The maximum Gasteiger partial charge on any atom is 0.360 e. The molecule has 4 rings (SSSR count). The molecule has 0 N–H and O–H groups in total. The van der Waals surface area contributed by atoms with Gasteiger partial charge in [0.25, 0.3) is 5.91 Å². The molecule has 0 unspecified atom stereocenters. The maximum absolute atomic E-state index is 13.1. The van der Waals surface area contributed by atoms with E-state index in [1.165, 1.54) is 4.90 Å². The number of para-hydroxylation sites is 2. The summed E-state index contributed by atoms with van der Waals surface area (Å²) in [5.41, 5.74) is 2.77. The lowest BCUT2D eigenvalue weighted by molar-refractivity contribution is -0.121.